The number of morpholine rings is 1. The van der Waals surface area contributed by atoms with E-state index in [0.29, 0.717) is 32.7 Å². The third-order valence-electron chi connectivity index (χ3n) is 2.72. The van der Waals surface area contributed by atoms with Gasteiger partial charge in [-0.1, -0.05) is 6.92 Å². The Morgan fingerprint density at radius 1 is 1.32 bits per heavy atom. The molecule has 1 fully saturated rings. The fourth-order valence-corrected chi connectivity index (χ4v) is 1.79. The van der Waals surface area contributed by atoms with Gasteiger partial charge >= 0.3 is 6.09 Å². The molecule has 0 radical (unpaired) electrons. The summed E-state index contributed by atoms with van der Waals surface area (Å²) in [5, 5.41) is 2.63. The number of nitrogens with one attached hydrogen (secondary N) is 1. The van der Waals surface area contributed by atoms with Crippen LogP contribution >= 0.6 is 0 Å². The van der Waals surface area contributed by atoms with Gasteiger partial charge in [-0.15, -0.1) is 0 Å². The maximum absolute atomic E-state index is 12.2. The van der Waals surface area contributed by atoms with E-state index in [9.17, 15) is 9.59 Å². The Kier molecular flexibility index (Phi) is 5.60. The van der Waals surface area contributed by atoms with E-state index in [2.05, 4.69) is 5.32 Å². The fourth-order valence-electron chi connectivity index (χ4n) is 1.79. The van der Waals surface area contributed by atoms with Gasteiger partial charge in [-0.2, -0.15) is 0 Å². The van der Waals surface area contributed by atoms with Crippen LogP contribution in [0.4, 0.5) is 4.79 Å². The first-order chi connectivity index (χ1) is 8.83. The van der Waals surface area contributed by atoms with Crippen molar-refractivity contribution in [2.75, 3.05) is 26.3 Å². The van der Waals surface area contributed by atoms with E-state index < -0.39 is 17.7 Å². The lowest BCUT2D eigenvalue weighted by Crippen LogP contribution is -2.52. The van der Waals surface area contributed by atoms with Gasteiger partial charge in [0.25, 0.3) is 0 Å². The van der Waals surface area contributed by atoms with Crippen molar-refractivity contribution in [1.82, 2.24) is 10.2 Å². The van der Waals surface area contributed by atoms with E-state index >= 15 is 0 Å². The predicted octanol–water partition coefficient (Wildman–Crippen LogP) is 1.15. The topological polar surface area (TPSA) is 67.9 Å². The first kappa shape index (κ1) is 15.8. The second kappa shape index (κ2) is 6.75. The molecule has 0 saturated carbocycles. The summed E-state index contributed by atoms with van der Waals surface area (Å²) in [6, 6.07) is -0.534. The molecule has 6 heteroatoms. The van der Waals surface area contributed by atoms with E-state index in [4.69, 9.17) is 9.47 Å². The molecule has 6 nitrogen and oxygen atoms in total. The molecule has 0 aromatic heterocycles. The Labute approximate surface area is 114 Å². The Balaban J connectivity index is 2.52. The zero-order valence-electron chi connectivity index (χ0n) is 12.2. The van der Waals surface area contributed by atoms with Gasteiger partial charge in [-0.25, -0.2) is 4.79 Å². The molecule has 0 aromatic rings. The van der Waals surface area contributed by atoms with Gasteiger partial charge in [0.2, 0.25) is 5.91 Å². The molecule has 1 aliphatic heterocycles. The van der Waals surface area contributed by atoms with E-state index in [0.717, 1.165) is 0 Å². The summed E-state index contributed by atoms with van der Waals surface area (Å²) in [6.45, 7) is 9.48. The number of amides is 2. The van der Waals surface area contributed by atoms with Gasteiger partial charge in [0.1, 0.15) is 11.6 Å². The normalized spacial score (nSPS) is 17.8. The molecule has 1 rings (SSSR count). The highest BCUT2D eigenvalue weighted by Gasteiger charge is 2.27. The average Bonchev–Trinajstić information content (AvgIpc) is 2.34. The van der Waals surface area contributed by atoms with Crippen molar-refractivity contribution in [3.63, 3.8) is 0 Å². The van der Waals surface area contributed by atoms with Crippen molar-refractivity contribution < 1.29 is 19.1 Å². The highest BCUT2D eigenvalue weighted by Crippen LogP contribution is 2.08. The van der Waals surface area contributed by atoms with Crippen molar-refractivity contribution in [3.8, 4) is 0 Å². The summed E-state index contributed by atoms with van der Waals surface area (Å²) in [6.07, 6.45) is -0.0175. The summed E-state index contributed by atoms with van der Waals surface area (Å²) in [7, 11) is 0. The first-order valence-corrected chi connectivity index (χ1v) is 6.69. The Morgan fingerprint density at radius 2 is 1.89 bits per heavy atom. The van der Waals surface area contributed by atoms with Crippen LogP contribution in [0.2, 0.25) is 0 Å². The lowest BCUT2D eigenvalue weighted by molar-refractivity contribution is -0.137. The molecule has 0 unspecified atom stereocenters. The van der Waals surface area contributed by atoms with Crippen molar-refractivity contribution in [1.29, 1.82) is 0 Å². The van der Waals surface area contributed by atoms with Crippen LogP contribution in [-0.4, -0.2) is 54.8 Å². The monoisotopic (exact) mass is 272 g/mol. The molecule has 0 spiro atoms. The molecule has 1 atom stereocenters. The minimum absolute atomic E-state index is 0.0725. The zero-order valence-corrected chi connectivity index (χ0v) is 12.2. The Bertz CT molecular complexity index is 319. The standard InChI is InChI=1S/C13H24N2O4/c1-5-10(14-12(17)19-13(2,3)4)11(16)15-6-8-18-9-7-15/h10H,5-9H2,1-4H3,(H,14,17)/t10-/m0/s1. The molecule has 2 amide bonds. The zero-order chi connectivity index (χ0) is 14.5. The van der Waals surface area contributed by atoms with Gasteiger partial charge in [-0.05, 0) is 27.2 Å². The van der Waals surface area contributed by atoms with Crippen LogP contribution in [-0.2, 0) is 14.3 Å². The van der Waals surface area contributed by atoms with E-state index in [-0.39, 0.29) is 5.91 Å². The molecule has 0 aliphatic carbocycles. The van der Waals surface area contributed by atoms with Gasteiger partial charge < -0.3 is 19.7 Å². The number of ether oxygens (including phenoxy) is 2. The number of alkyl carbamates (subject to hydrolysis) is 1. The largest absolute Gasteiger partial charge is 0.444 e. The second-order valence-corrected chi connectivity index (χ2v) is 5.54. The predicted molar refractivity (Wildman–Crippen MR) is 70.8 cm³/mol. The van der Waals surface area contributed by atoms with Crippen LogP contribution in [0.25, 0.3) is 0 Å². The lowest BCUT2D eigenvalue weighted by Gasteiger charge is -2.30. The van der Waals surface area contributed by atoms with E-state index in [1.807, 2.05) is 6.92 Å². The molecule has 19 heavy (non-hydrogen) atoms. The molecule has 1 aliphatic rings. The van der Waals surface area contributed by atoms with Crippen LogP contribution in [0, 0.1) is 0 Å². The average molecular weight is 272 g/mol. The van der Waals surface area contributed by atoms with Crippen LogP contribution in [0.1, 0.15) is 34.1 Å². The molecule has 1 saturated heterocycles. The first-order valence-electron chi connectivity index (χ1n) is 6.69. The fraction of sp³-hybridized carbons (Fsp3) is 0.846. The quantitative estimate of drug-likeness (QED) is 0.837. The van der Waals surface area contributed by atoms with Crippen LogP contribution in [0.15, 0.2) is 0 Å². The minimum atomic E-state index is -0.565. The van der Waals surface area contributed by atoms with Crippen LogP contribution in [0.5, 0.6) is 0 Å². The number of rotatable bonds is 3. The van der Waals surface area contributed by atoms with Crippen LogP contribution < -0.4 is 5.32 Å². The maximum atomic E-state index is 12.2. The smallest absolute Gasteiger partial charge is 0.408 e. The van der Waals surface area contributed by atoms with E-state index in [1.54, 1.807) is 25.7 Å². The molecule has 0 bridgehead atoms. The maximum Gasteiger partial charge on any atom is 0.408 e. The molecule has 110 valence electrons. The molecule has 0 aromatic carbocycles. The third-order valence-corrected chi connectivity index (χ3v) is 2.72. The lowest BCUT2D eigenvalue weighted by atomic mass is 10.2. The number of carbonyl (C=O) groups excluding carboxylic acids is 2. The van der Waals surface area contributed by atoms with Gasteiger partial charge in [0.15, 0.2) is 0 Å². The molecule has 1 heterocycles. The summed E-state index contributed by atoms with van der Waals surface area (Å²) in [5.41, 5.74) is -0.565. The molecule has 1 N–H and O–H groups in total. The number of hydrogen-bond acceptors (Lipinski definition) is 4. The highest BCUT2D eigenvalue weighted by molar-refractivity contribution is 5.85. The van der Waals surface area contributed by atoms with E-state index in [1.165, 1.54) is 0 Å². The number of nitrogens with zero attached hydrogens (tertiary/aromatic N) is 1. The minimum Gasteiger partial charge on any atom is -0.444 e. The Morgan fingerprint density at radius 3 is 2.37 bits per heavy atom. The highest BCUT2D eigenvalue weighted by atomic mass is 16.6. The summed E-state index contributed by atoms with van der Waals surface area (Å²) >= 11 is 0. The summed E-state index contributed by atoms with van der Waals surface area (Å²) in [5.74, 6) is -0.0725. The third kappa shape index (κ3) is 5.46. The molecular formula is C13H24N2O4. The van der Waals surface area contributed by atoms with Gasteiger partial charge in [0.05, 0.1) is 13.2 Å². The molecular weight excluding hydrogens is 248 g/mol. The van der Waals surface area contributed by atoms with Crippen molar-refractivity contribution in [2.45, 2.75) is 45.8 Å². The number of carbonyl (C=O) groups is 2. The van der Waals surface area contributed by atoms with Gasteiger partial charge in [-0.3, -0.25) is 4.79 Å². The summed E-state index contributed by atoms with van der Waals surface area (Å²) < 4.78 is 10.4. The van der Waals surface area contributed by atoms with Crippen molar-refractivity contribution in [2.24, 2.45) is 0 Å². The SMILES string of the molecule is CC[C@H](NC(=O)OC(C)(C)C)C(=O)N1CCOCC1. The van der Waals surface area contributed by atoms with Crippen LogP contribution in [0.3, 0.4) is 0 Å². The Hall–Kier alpha value is -1.30. The van der Waals surface area contributed by atoms with Crippen molar-refractivity contribution in [3.05, 3.63) is 0 Å². The van der Waals surface area contributed by atoms with Crippen molar-refractivity contribution >= 4 is 12.0 Å². The second-order valence-electron chi connectivity index (χ2n) is 5.54. The van der Waals surface area contributed by atoms with Gasteiger partial charge in [0, 0.05) is 13.1 Å². The number of hydrogen-bond donors (Lipinski definition) is 1. The summed E-state index contributed by atoms with van der Waals surface area (Å²) in [4.78, 5) is 25.6.